The van der Waals surface area contributed by atoms with Crippen LogP contribution in [-0.4, -0.2) is 23.3 Å². The summed E-state index contributed by atoms with van der Waals surface area (Å²) in [5.74, 6) is 3.41. The summed E-state index contributed by atoms with van der Waals surface area (Å²) in [7, 11) is 0. The van der Waals surface area contributed by atoms with Crippen LogP contribution in [0.3, 0.4) is 0 Å². The minimum absolute atomic E-state index is 0.737. The Balaban J connectivity index is 1.43. The zero-order valence-corrected chi connectivity index (χ0v) is 13.6. The normalized spacial score (nSPS) is 28.6. The maximum absolute atomic E-state index is 4.49. The second-order valence-corrected chi connectivity index (χ2v) is 8.11. The van der Waals surface area contributed by atoms with Crippen molar-refractivity contribution in [2.45, 2.75) is 58.3 Å². The molecule has 4 heteroatoms. The van der Waals surface area contributed by atoms with Gasteiger partial charge in [0.1, 0.15) is 10.0 Å². The zero-order chi connectivity index (χ0) is 13.9. The van der Waals surface area contributed by atoms with E-state index in [1.54, 1.807) is 0 Å². The molecule has 0 radical (unpaired) electrons. The van der Waals surface area contributed by atoms with Gasteiger partial charge in [-0.15, -0.1) is 21.5 Å². The number of hydrogen-bond donors (Lipinski definition) is 1. The average molecular weight is 293 g/mol. The Morgan fingerprint density at radius 2 is 2.15 bits per heavy atom. The molecule has 3 rings (SSSR count). The Kier molecular flexibility index (Phi) is 4.72. The van der Waals surface area contributed by atoms with Gasteiger partial charge in [0.05, 0.1) is 0 Å². The molecule has 2 aliphatic rings. The van der Waals surface area contributed by atoms with Gasteiger partial charge in [0.25, 0.3) is 0 Å². The first-order valence-electron chi connectivity index (χ1n) is 8.25. The number of nitrogens with one attached hydrogen (secondary N) is 1. The van der Waals surface area contributed by atoms with Gasteiger partial charge >= 0.3 is 0 Å². The fraction of sp³-hybridized carbons (Fsp3) is 0.875. The van der Waals surface area contributed by atoms with Gasteiger partial charge in [-0.25, -0.2) is 0 Å². The maximum Gasteiger partial charge on any atom is 0.120 e. The van der Waals surface area contributed by atoms with E-state index in [2.05, 4.69) is 29.4 Å². The summed E-state index contributed by atoms with van der Waals surface area (Å²) in [5.41, 5.74) is 0. The van der Waals surface area contributed by atoms with Crippen molar-refractivity contribution in [2.24, 2.45) is 17.8 Å². The monoisotopic (exact) mass is 293 g/mol. The smallest absolute Gasteiger partial charge is 0.120 e. The van der Waals surface area contributed by atoms with E-state index in [1.807, 2.05) is 11.3 Å². The molecule has 2 fully saturated rings. The third kappa shape index (κ3) is 3.40. The number of rotatable bonds is 7. The van der Waals surface area contributed by atoms with Crippen LogP contribution in [0.5, 0.6) is 0 Å². The molecule has 112 valence electrons. The van der Waals surface area contributed by atoms with E-state index in [-0.39, 0.29) is 0 Å². The van der Waals surface area contributed by atoms with Crippen molar-refractivity contribution in [3.05, 3.63) is 10.0 Å². The first-order chi connectivity index (χ1) is 9.72. The molecule has 0 aromatic carbocycles. The molecule has 20 heavy (non-hydrogen) atoms. The largest absolute Gasteiger partial charge is 0.316 e. The van der Waals surface area contributed by atoms with Crippen LogP contribution in [0.15, 0.2) is 0 Å². The molecule has 3 unspecified atom stereocenters. The van der Waals surface area contributed by atoms with Crippen LogP contribution >= 0.6 is 11.3 Å². The van der Waals surface area contributed by atoms with Crippen molar-refractivity contribution in [2.75, 3.05) is 13.1 Å². The highest BCUT2D eigenvalue weighted by atomic mass is 32.1. The Labute approximate surface area is 126 Å². The van der Waals surface area contributed by atoms with Gasteiger partial charge < -0.3 is 5.32 Å². The molecule has 1 aromatic heterocycles. The predicted octanol–water partition coefficient (Wildman–Crippen LogP) is 3.62. The highest BCUT2D eigenvalue weighted by Crippen LogP contribution is 2.53. The quantitative estimate of drug-likeness (QED) is 0.780. The van der Waals surface area contributed by atoms with Gasteiger partial charge in [0.2, 0.25) is 0 Å². The van der Waals surface area contributed by atoms with Crippen LogP contribution in [0.25, 0.3) is 0 Å². The van der Waals surface area contributed by atoms with Crippen molar-refractivity contribution >= 4 is 11.3 Å². The summed E-state index contributed by atoms with van der Waals surface area (Å²) in [6.45, 7) is 6.71. The zero-order valence-electron chi connectivity index (χ0n) is 12.8. The van der Waals surface area contributed by atoms with Crippen LogP contribution in [0, 0.1) is 17.8 Å². The summed E-state index contributed by atoms with van der Waals surface area (Å²) in [5, 5.41) is 15.0. The van der Waals surface area contributed by atoms with Gasteiger partial charge in [0, 0.05) is 12.3 Å². The fourth-order valence-corrected chi connectivity index (χ4v) is 4.91. The molecule has 2 bridgehead atoms. The summed E-state index contributed by atoms with van der Waals surface area (Å²) >= 11 is 1.88. The number of nitrogens with zero attached hydrogens (tertiary/aromatic N) is 2. The van der Waals surface area contributed by atoms with Crippen LogP contribution in [0.1, 0.15) is 61.9 Å². The van der Waals surface area contributed by atoms with Gasteiger partial charge in [-0.3, -0.25) is 0 Å². The highest BCUT2D eigenvalue weighted by molar-refractivity contribution is 7.11. The fourth-order valence-electron chi connectivity index (χ4n) is 3.82. The van der Waals surface area contributed by atoms with Crippen LogP contribution in [0.2, 0.25) is 0 Å². The van der Waals surface area contributed by atoms with Crippen LogP contribution < -0.4 is 5.32 Å². The standard InChI is InChI=1S/C16H27N3S/c1-11(2)10-17-7-3-4-15-18-19-16(20-15)14-9-12-5-6-13(14)8-12/h11-14,17H,3-10H2,1-2H3. The van der Waals surface area contributed by atoms with Crippen LogP contribution in [-0.2, 0) is 6.42 Å². The second-order valence-electron chi connectivity index (χ2n) is 7.02. The number of fused-ring (bicyclic) bond motifs is 2. The Morgan fingerprint density at radius 3 is 2.85 bits per heavy atom. The Morgan fingerprint density at radius 1 is 1.25 bits per heavy atom. The van der Waals surface area contributed by atoms with Crippen molar-refractivity contribution in [3.63, 3.8) is 0 Å². The number of aryl methyl sites for hydroxylation is 1. The van der Waals surface area contributed by atoms with E-state index in [4.69, 9.17) is 0 Å². The summed E-state index contributed by atoms with van der Waals surface area (Å²) in [4.78, 5) is 0. The van der Waals surface area contributed by atoms with Crippen LogP contribution in [0.4, 0.5) is 0 Å². The van der Waals surface area contributed by atoms with Gasteiger partial charge in [-0.1, -0.05) is 20.3 Å². The molecule has 3 atom stereocenters. The van der Waals surface area contributed by atoms with Gasteiger partial charge in [-0.2, -0.15) is 0 Å². The van der Waals surface area contributed by atoms with Crippen molar-refractivity contribution in [3.8, 4) is 0 Å². The van der Waals surface area contributed by atoms with Gasteiger partial charge in [-0.05, 0) is 56.5 Å². The third-order valence-corrected chi connectivity index (χ3v) is 5.95. The third-order valence-electron chi connectivity index (χ3n) is 4.83. The minimum atomic E-state index is 0.737. The maximum atomic E-state index is 4.49. The first-order valence-corrected chi connectivity index (χ1v) is 9.07. The number of aromatic nitrogens is 2. The molecule has 0 amide bonds. The lowest BCUT2D eigenvalue weighted by molar-refractivity contribution is 0.417. The van der Waals surface area contributed by atoms with E-state index in [0.717, 1.165) is 43.2 Å². The van der Waals surface area contributed by atoms with Crippen molar-refractivity contribution in [1.82, 2.24) is 15.5 Å². The molecular formula is C16H27N3S. The molecule has 3 nitrogen and oxygen atoms in total. The molecule has 1 heterocycles. The lowest BCUT2D eigenvalue weighted by atomic mass is 9.89. The predicted molar refractivity (Wildman–Crippen MR) is 84.1 cm³/mol. The Hall–Kier alpha value is -0.480. The van der Waals surface area contributed by atoms with E-state index >= 15 is 0 Å². The number of hydrogen-bond acceptors (Lipinski definition) is 4. The molecular weight excluding hydrogens is 266 g/mol. The van der Waals surface area contributed by atoms with E-state index < -0.39 is 0 Å². The summed E-state index contributed by atoms with van der Waals surface area (Å²) in [6, 6.07) is 0. The minimum Gasteiger partial charge on any atom is -0.316 e. The molecule has 1 N–H and O–H groups in total. The lowest BCUT2D eigenvalue weighted by Gasteiger charge is -2.18. The summed E-state index contributed by atoms with van der Waals surface area (Å²) < 4.78 is 0. The molecule has 1 aromatic rings. The highest BCUT2D eigenvalue weighted by Gasteiger charge is 2.41. The molecule has 0 spiro atoms. The van der Waals surface area contributed by atoms with Crippen molar-refractivity contribution < 1.29 is 0 Å². The second kappa shape index (κ2) is 6.52. The van der Waals surface area contributed by atoms with Gasteiger partial charge in [0.15, 0.2) is 0 Å². The molecule has 0 saturated heterocycles. The topological polar surface area (TPSA) is 37.8 Å². The SMILES string of the molecule is CC(C)CNCCCc1nnc(C2CC3CCC2C3)s1. The van der Waals surface area contributed by atoms with E-state index in [9.17, 15) is 0 Å². The Bertz CT molecular complexity index is 429. The molecule has 0 aliphatic heterocycles. The molecule has 2 saturated carbocycles. The average Bonchev–Trinajstić information content (AvgIpc) is 3.13. The lowest BCUT2D eigenvalue weighted by Crippen LogP contribution is -2.21. The van der Waals surface area contributed by atoms with Crippen molar-refractivity contribution in [1.29, 1.82) is 0 Å². The summed E-state index contributed by atoms with van der Waals surface area (Å²) in [6.07, 6.45) is 8.01. The van der Waals surface area contributed by atoms with E-state index in [0.29, 0.717) is 0 Å². The molecule has 2 aliphatic carbocycles. The first kappa shape index (κ1) is 14.5. The van der Waals surface area contributed by atoms with E-state index in [1.165, 1.54) is 42.1 Å².